The number of aromatic nitrogens is 1. The fraction of sp³-hybridized carbons (Fsp3) is 0.471. The summed E-state index contributed by atoms with van der Waals surface area (Å²) in [5, 5.41) is 12.8. The van der Waals surface area contributed by atoms with E-state index in [0.717, 1.165) is 29.8 Å². The van der Waals surface area contributed by atoms with Gasteiger partial charge < -0.3 is 10.4 Å². The van der Waals surface area contributed by atoms with Gasteiger partial charge in [0.15, 0.2) is 0 Å². The first kappa shape index (κ1) is 17.4. The zero-order chi connectivity index (χ0) is 16.8. The Balaban J connectivity index is 1.70. The van der Waals surface area contributed by atoms with Crippen molar-refractivity contribution in [2.45, 2.75) is 45.6 Å². The SMILES string of the molecule is CC(NC(=O)CCCCc1nc2ccccc2s1)C(C)C(=O)O. The Hall–Kier alpha value is -1.95. The maximum absolute atomic E-state index is 11.8. The summed E-state index contributed by atoms with van der Waals surface area (Å²) >= 11 is 1.70. The minimum atomic E-state index is -0.895. The lowest BCUT2D eigenvalue weighted by Crippen LogP contribution is -2.39. The Bertz CT molecular complexity index is 650. The van der Waals surface area contributed by atoms with Gasteiger partial charge in [0.25, 0.3) is 0 Å². The topological polar surface area (TPSA) is 79.3 Å². The van der Waals surface area contributed by atoms with Gasteiger partial charge in [0.05, 0.1) is 21.1 Å². The van der Waals surface area contributed by atoms with Crippen molar-refractivity contribution in [1.29, 1.82) is 0 Å². The van der Waals surface area contributed by atoms with Crippen LogP contribution in [0.2, 0.25) is 0 Å². The van der Waals surface area contributed by atoms with Crippen LogP contribution in [0.4, 0.5) is 0 Å². The Morgan fingerprint density at radius 3 is 2.70 bits per heavy atom. The van der Waals surface area contributed by atoms with Crippen molar-refractivity contribution in [3.8, 4) is 0 Å². The van der Waals surface area contributed by atoms with Crippen LogP contribution in [0.3, 0.4) is 0 Å². The van der Waals surface area contributed by atoms with Crippen LogP contribution in [-0.2, 0) is 16.0 Å². The van der Waals surface area contributed by atoms with Crippen molar-refractivity contribution in [2.75, 3.05) is 0 Å². The molecule has 5 nitrogen and oxygen atoms in total. The van der Waals surface area contributed by atoms with Crippen LogP contribution in [0.15, 0.2) is 24.3 Å². The molecule has 0 aliphatic carbocycles. The summed E-state index contributed by atoms with van der Waals surface area (Å²) in [4.78, 5) is 27.2. The smallest absolute Gasteiger partial charge is 0.308 e. The molecule has 23 heavy (non-hydrogen) atoms. The fourth-order valence-electron chi connectivity index (χ4n) is 2.25. The van der Waals surface area contributed by atoms with Crippen LogP contribution in [0, 0.1) is 5.92 Å². The highest BCUT2D eigenvalue weighted by atomic mass is 32.1. The molecule has 0 saturated heterocycles. The summed E-state index contributed by atoms with van der Waals surface area (Å²) < 4.78 is 1.19. The molecule has 1 heterocycles. The van der Waals surface area contributed by atoms with Crippen molar-refractivity contribution in [3.05, 3.63) is 29.3 Å². The summed E-state index contributed by atoms with van der Waals surface area (Å²) in [6.07, 6.45) is 2.96. The third kappa shape index (κ3) is 5.03. The third-order valence-electron chi connectivity index (χ3n) is 3.91. The lowest BCUT2D eigenvalue weighted by Gasteiger charge is -2.17. The van der Waals surface area contributed by atoms with Crippen molar-refractivity contribution >= 4 is 33.4 Å². The molecule has 0 saturated carbocycles. The van der Waals surface area contributed by atoms with Gasteiger partial charge >= 0.3 is 5.97 Å². The molecule has 0 spiro atoms. The lowest BCUT2D eigenvalue weighted by atomic mass is 10.0. The van der Waals surface area contributed by atoms with E-state index >= 15 is 0 Å². The molecule has 2 unspecified atom stereocenters. The standard InChI is InChI=1S/C17H22N2O3S/c1-11(17(21)22)12(2)18-15(20)9-5-6-10-16-19-13-7-3-4-8-14(13)23-16/h3-4,7-8,11-12H,5-6,9-10H2,1-2H3,(H,18,20)(H,21,22). The Morgan fingerprint density at radius 2 is 2.00 bits per heavy atom. The maximum atomic E-state index is 11.8. The number of nitrogens with zero attached hydrogens (tertiary/aromatic N) is 1. The number of thiazole rings is 1. The molecule has 0 aliphatic heterocycles. The Kier molecular flexibility index (Phi) is 6.10. The van der Waals surface area contributed by atoms with Gasteiger partial charge in [0.2, 0.25) is 5.91 Å². The first-order valence-electron chi connectivity index (χ1n) is 7.84. The average Bonchev–Trinajstić information content (AvgIpc) is 2.93. The number of carbonyl (C=O) groups excluding carboxylic acids is 1. The molecule has 2 atom stereocenters. The zero-order valence-electron chi connectivity index (χ0n) is 13.4. The van der Waals surface area contributed by atoms with Crippen LogP contribution >= 0.6 is 11.3 Å². The molecule has 0 bridgehead atoms. The average molecular weight is 334 g/mol. The monoisotopic (exact) mass is 334 g/mol. The first-order chi connectivity index (χ1) is 11.0. The molecular weight excluding hydrogens is 312 g/mol. The summed E-state index contributed by atoms with van der Waals surface area (Å²) in [7, 11) is 0. The molecule has 2 N–H and O–H groups in total. The predicted octanol–water partition coefficient (Wildman–Crippen LogP) is 3.23. The summed E-state index contributed by atoms with van der Waals surface area (Å²) in [5.41, 5.74) is 1.03. The number of hydrogen-bond acceptors (Lipinski definition) is 4. The highest BCUT2D eigenvalue weighted by Gasteiger charge is 2.20. The van der Waals surface area contributed by atoms with Gasteiger partial charge in [-0.2, -0.15) is 0 Å². The number of amides is 1. The van der Waals surface area contributed by atoms with E-state index in [1.165, 1.54) is 4.70 Å². The minimum Gasteiger partial charge on any atom is -0.481 e. The number of nitrogens with one attached hydrogen (secondary N) is 1. The van der Waals surface area contributed by atoms with Crippen LogP contribution < -0.4 is 5.32 Å². The van der Waals surface area contributed by atoms with Crippen molar-refractivity contribution in [3.63, 3.8) is 0 Å². The zero-order valence-corrected chi connectivity index (χ0v) is 14.2. The fourth-order valence-corrected chi connectivity index (χ4v) is 3.26. The molecular formula is C17H22N2O3S. The van der Waals surface area contributed by atoms with Crippen LogP contribution in [-0.4, -0.2) is 28.0 Å². The molecule has 0 aliphatic rings. The second kappa shape index (κ2) is 8.06. The van der Waals surface area contributed by atoms with Crippen molar-refractivity contribution in [2.24, 2.45) is 5.92 Å². The molecule has 0 radical (unpaired) electrons. The number of hydrogen-bond donors (Lipinski definition) is 2. The lowest BCUT2D eigenvalue weighted by molar-refractivity contribution is -0.142. The molecule has 1 aromatic heterocycles. The largest absolute Gasteiger partial charge is 0.481 e. The van der Waals surface area contributed by atoms with E-state index in [0.29, 0.717) is 6.42 Å². The van der Waals surface area contributed by atoms with Gasteiger partial charge in [0, 0.05) is 12.5 Å². The number of rotatable bonds is 8. The molecule has 0 fully saturated rings. The molecule has 124 valence electrons. The number of unbranched alkanes of at least 4 members (excludes halogenated alkanes) is 1. The number of carboxylic acids is 1. The molecule has 2 rings (SSSR count). The number of para-hydroxylation sites is 1. The second-order valence-corrected chi connectivity index (χ2v) is 6.88. The number of aliphatic carboxylic acids is 1. The summed E-state index contributed by atoms with van der Waals surface area (Å²) in [5.74, 6) is -1.56. The quantitative estimate of drug-likeness (QED) is 0.726. The number of carbonyl (C=O) groups is 2. The van der Waals surface area contributed by atoms with Crippen LogP contribution in [0.1, 0.15) is 38.1 Å². The highest BCUT2D eigenvalue weighted by Crippen LogP contribution is 2.22. The number of fused-ring (bicyclic) bond motifs is 1. The number of benzene rings is 1. The normalized spacial score (nSPS) is 13.7. The number of aryl methyl sites for hydroxylation is 1. The van der Waals surface area contributed by atoms with E-state index in [1.54, 1.807) is 25.2 Å². The van der Waals surface area contributed by atoms with Gasteiger partial charge in [-0.25, -0.2) is 4.98 Å². The van der Waals surface area contributed by atoms with Gasteiger partial charge in [-0.3, -0.25) is 9.59 Å². The second-order valence-electron chi connectivity index (χ2n) is 5.77. The van der Waals surface area contributed by atoms with Crippen molar-refractivity contribution < 1.29 is 14.7 Å². The summed E-state index contributed by atoms with van der Waals surface area (Å²) in [6, 6.07) is 7.70. The van der Waals surface area contributed by atoms with E-state index in [-0.39, 0.29) is 11.9 Å². The van der Waals surface area contributed by atoms with Gasteiger partial charge in [-0.15, -0.1) is 11.3 Å². The van der Waals surface area contributed by atoms with Gasteiger partial charge in [0.1, 0.15) is 0 Å². The maximum Gasteiger partial charge on any atom is 0.308 e. The number of carboxylic acid groups (broad SMARTS) is 1. The van der Waals surface area contributed by atoms with Crippen molar-refractivity contribution in [1.82, 2.24) is 10.3 Å². The summed E-state index contributed by atoms with van der Waals surface area (Å²) in [6.45, 7) is 3.32. The van der Waals surface area contributed by atoms with E-state index in [4.69, 9.17) is 5.11 Å². The third-order valence-corrected chi connectivity index (χ3v) is 5.01. The molecule has 6 heteroatoms. The Morgan fingerprint density at radius 1 is 1.26 bits per heavy atom. The highest BCUT2D eigenvalue weighted by molar-refractivity contribution is 7.18. The first-order valence-corrected chi connectivity index (χ1v) is 8.65. The molecule has 1 aromatic carbocycles. The molecule has 2 aromatic rings. The molecule has 1 amide bonds. The van der Waals surface area contributed by atoms with E-state index in [1.807, 2.05) is 18.2 Å². The van der Waals surface area contributed by atoms with E-state index in [9.17, 15) is 9.59 Å². The van der Waals surface area contributed by atoms with Gasteiger partial charge in [-0.1, -0.05) is 12.1 Å². The van der Waals surface area contributed by atoms with Crippen LogP contribution in [0.5, 0.6) is 0 Å². The predicted molar refractivity (Wildman–Crippen MR) is 91.6 cm³/mol. The Labute approximate surface area is 139 Å². The van der Waals surface area contributed by atoms with Gasteiger partial charge in [-0.05, 0) is 45.2 Å². The van der Waals surface area contributed by atoms with E-state index in [2.05, 4.69) is 16.4 Å². The minimum absolute atomic E-state index is 0.0881. The van der Waals surface area contributed by atoms with Crippen LogP contribution in [0.25, 0.3) is 10.2 Å². The van der Waals surface area contributed by atoms with E-state index < -0.39 is 11.9 Å².